The Morgan fingerprint density at radius 2 is 1.55 bits per heavy atom. The van der Waals surface area contributed by atoms with Gasteiger partial charge >= 0.3 is 5.97 Å². The van der Waals surface area contributed by atoms with E-state index in [2.05, 4.69) is 38.1 Å². The zero-order chi connectivity index (χ0) is 33.1. The third-order valence-corrected chi connectivity index (χ3v) is 6.87. The van der Waals surface area contributed by atoms with E-state index >= 15 is 0 Å². The van der Waals surface area contributed by atoms with Crippen molar-refractivity contribution in [2.75, 3.05) is 39.8 Å². The zero-order valence-electron chi connectivity index (χ0n) is 27.9. The molecule has 1 unspecified atom stereocenters. The highest BCUT2D eigenvalue weighted by Gasteiger charge is 2.26. The third-order valence-electron chi connectivity index (χ3n) is 6.87. The van der Waals surface area contributed by atoms with Crippen LogP contribution in [0.5, 0.6) is 0 Å². The number of esters is 1. The number of hydrogen-bond acceptors (Lipinski definition) is 8. The molecule has 2 aliphatic heterocycles. The number of amides is 1. The Bertz CT molecular complexity index is 664. The van der Waals surface area contributed by atoms with Crippen LogP contribution in [0.3, 0.4) is 0 Å². The lowest BCUT2D eigenvalue weighted by Gasteiger charge is -2.28. The molecule has 42 heavy (non-hydrogen) atoms. The van der Waals surface area contributed by atoms with Crippen molar-refractivity contribution in [3.05, 3.63) is 26.3 Å². The molecule has 0 spiro atoms. The summed E-state index contributed by atoms with van der Waals surface area (Å²) in [6.45, 7) is 26.7. The predicted octanol–water partition coefficient (Wildman–Crippen LogP) is 5.39. The lowest BCUT2D eigenvalue weighted by atomic mass is 9.95. The van der Waals surface area contributed by atoms with E-state index in [-0.39, 0.29) is 30.8 Å². The van der Waals surface area contributed by atoms with Gasteiger partial charge in [0.25, 0.3) is 0 Å². The molecule has 9 nitrogen and oxygen atoms in total. The molecule has 0 bridgehead atoms. The molecule has 9 heteroatoms. The second kappa shape index (κ2) is 29.0. The van der Waals surface area contributed by atoms with Crippen LogP contribution in [0.25, 0.3) is 0 Å². The van der Waals surface area contributed by atoms with Gasteiger partial charge < -0.3 is 29.5 Å². The van der Waals surface area contributed by atoms with E-state index in [0.29, 0.717) is 44.7 Å². The van der Waals surface area contributed by atoms with Gasteiger partial charge in [-0.05, 0) is 71.4 Å². The van der Waals surface area contributed by atoms with Crippen molar-refractivity contribution in [2.24, 2.45) is 11.8 Å². The van der Waals surface area contributed by atoms with Gasteiger partial charge in [0.1, 0.15) is 11.7 Å². The van der Waals surface area contributed by atoms with Crippen molar-refractivity contribution in [2.45, 2.75) is 118 Å². The van der Waals surface area contributed by atoms with Gasteiger partial charge in [0.05, 0.1) is 18.8 Å². The average molecular weight is 601 g/mol. The number of cyclic esters (lactones) is 1. The smallest absolute Gasteiger partial charge is 0.316 e. The summed E-state index contributed by atoms with van der Waals surface area (Å²) in [5, 5.41) is 19.1. The van der Waals surface area contributed by atoms with Gasteiger partial charge in [0.15, 0.2) is 6.29 Å². The molecule has 2 heterocycles. The first-order chi connectivity index (χ1) is 20.0. The summed E-state index contributed by atoms with van der Waals surface area (Å²) >= 11 is 0. The van der Waals surface area contributed by atoms with E-state index in [4.69, 9.17) is 14.6 Å². The predicted molar refractivity (Wildman–Crippen MR) is 172 cm³/mol. The van der Waals surface area contributed by atoms with Crippen LogP contribution in [0.2, 0.25) is 0 Å². The molecule has 0 radical (unpaired) electrons. The standard InChI is InChI=1S/C20H36N2O5.C7H14O2.C2H6.2C2H4/c1-4-18-19(25)10-9-17(24)8-7-11-21(3)13-14-22(16(2)23)12-5-6-15-27-20(18)26;1-5-3-6(2)9-7(8)4-5;3*1-2/h17-18,24H,4-15H2,1-3H3;5-8H,3-4H2,1-2H3;1-2H3;2*1-2H2/t17-,18?;5-,6+,7+;;;/m10.../s1. The Balaban J connectivity index is -0.000000838. The molecule has 5 atom stereocenters. The molecule has 0 aromatic heterocycles. The molecule has 2 rings (SSSR count). The molecule has 0 aromatic carbocycles. The number of carbonyl (C=O) groups is 3. The van der Waals surface area contributed by atoms with Crippen LogP contribution in [0.15, 0.2) is 26.3 Å². The van der Waals surface area contributed by atoms with Crippen molar-refractivity contribution < 1.29 is 34.1 Å². The maximum Gasteiger partial charge on any atom is 0.316 e. The van der Waals surface area contributed by atoms with Crippen molar-refractivity contribution >= 4 is 17.7 Å². The van der Waals surface area contributed by atoms with Crippen LogP contribution in [0.1, 0.15) is 99.3 Å². The molecule has 2 fully saturated rings. The highest BCUT2D eigenvalue weighted by molar-refractivity contribution is 5.98. The summed E-state index contributed by atoms with van der Waals surface area (Å²) in [4.78, 5) is 40.2. The summed E-state index contributed by atoms with van der Waals surface area (Å²) in [7, 11) is 2.01. The van der Waals surface area contributed by atoms with Crippen molar-refractivity contribution in [1.29, 1.82) is 0 Å². The number of rotatable bonds is 1. The molecule has 0 aliphatic carbocycles. The second-order valence-electron chi connectivity index (χ2n) is 10.4. The largest absolute Gasteiger partial charge is 0.465 e. The fourth-order valence-corrected chi connectivity index (χ4v) is 4.64. The number of Topliss-reactive ketones (excluding diaryl/α,β-unsaturated/α-hetero) is 1. The van der Waals surface area contributed by atoms with E-state index in [0.717, 1.165) is 38.8 Å². The molecular weight excluding hydrogens is 536 g/mol. The minimum atomic E-state index is -0.740. The summed E-state index contributed by atoms with van der Waals surface area (Å²) in [5.74, 6) is -0.702. The highest BCUT2D eigenvalue weighted by Crippen LogP contribution is 2.22. The minimum absolute atomic E-state index is 0.0434. The number of carbonyl (C=O) groups excluding carboxylic acids is 3. The Labute approximate surface area is 257 Å². The van der Waals surface area contributed by atoms with Crippen molar-refractivity contribution in [3.63, 3.8) is 0 Å². The van der Waals surface area contributed by atoms with E-state index < -0.39 is 24.3 Å². The SMILES string of the molecule is C=C.C=C.CC.CCC1C(=O)CC[C@H](O)CCCN(C)CCN(C(C)=O)CCCCOC1=O.C[C@H]1C[C@@H](C)O[C@@H](O)C1. The monoisotopic (exact) mass is 600 g/mol. The Morgan fingerprint density at radius 3 is 2.07 bits per heavy atom. The second-order valence-corrected chi connectivity index (χ2v) is 10.4. The maximum atomic E-state index is 12.3. The van der Waals surface area contributed by atoms with Crippen LogP contribution in [0, 0.1) is 11.8 Å². The van der Waals surface area contributed by atoms with E-state index in [9.17, 15) is 19.5 Å². The number of hydrogen-bond donors (Lipinski definition) is 2. The number of nitrogens with zero attached hydrogens (tertiary/aromatic N) is 2. The molecule has 2 N–H and O–H groups in total. The van der Waals surface area contributed by atoms with Crippen LogP contribution in [-0.4, -0.2) is 96.0 Å². The highest BCUT2D eigenvalue weighted by atomic mass is 16.6. The Kier molecular flexibility index (Phi) is 30.7. The van der Waals surface area contributed by atoms with Gasteiger partial charge in [0, 0.05) is 39.4 Å². The number of ketones is 1. The normalized spacial score (nSPS) is 26.8. The number of likely N-dealkylation sites (N-methyl/N-ethyl adjacent to an activating group) is 1. The molecule has 248 valence electrons. The van der Waals surface area contributed by atoms with Crippen molar-refractivity contribution in [1.82, 2.24) is 9.80 Å². The maximum absolute atomic E-state index is 12.3. The third kappa shape index (κ3) is 22.5. The summed E-state index contributed by atoms with van der Waals surface area (Å²) in [6.07, 6.45) is 4.93. The van der Waals surface area contributed by atoms with E-state index in [1.54, 1.807) is 13.8 Å². The minimum Gasteiger partial charge on any atom is -0.465 e. The number of aliphatic hydroxyl groups is 2. The van der Waals surface area contributed by atoms with Crippen LogP contribution >= 0.6 is 0 Å². The van der Waals surface area contributed by atoms with Crippen LogP contribution < -0.4 is 0 Å². The first kappa shape index (κ1) is 44.4. The molecule has 1 amide bonds. The molecule has 2 aliphatic rings. The van der Waals surface area contributed by atoms with Crippen molar-refractivity contribution in [3.8, 4) is 0 Å². The first-order valence-electron chi connectivity index (χ1n) is 15.7. The topological polar surface area (TPSA) is 117 Å². The summed E-state index contributed by atoms with van der Waals surface area (Å²) < 4.78 is 10.4. The van der Waals surface area contributed by atoms with Crippen LogP contribution in [-0.2, 0) is 23.9 Å². The van der Waals surface area contributed by atoms with Gasteiger partial charge in [0.2, 0.25) is 5.91 Å². The van der Waals surface area contributed by atoms with Gasteiger partial charge in [-0.3, -0.25) is 14.4 Å². The fourth-order valence-electron chi connectivity index (χ4n) is 4.64. The van der Waals surface area contributed by atoms with Gasteiger partial charge in [-0.25, -0.2) is 0 Å². The van der Waals surface area contributed by atoms with E-state index in [1.807, 2.05) is 32.7 Å². The summed E-state index contributed by atoms with van der Waals surface area (Å²) in [6, 6.07) is 0. The quantitative estimate of drug-likeness (QED) is 0.234. The zero-order valence-corrected chi connectivity index (χ0v) is 27.9. The first-order valence-corrected chi connectivity index (χ1v) is 15.7. The van der Waals surface area contributed by atoms with Gasteiger partial charge in [-0.1, -0.05) is 27.7 Å². The summed E-state index contributed by atoms with van der Waals surface area (Å²) in [5.41, 5.74) is 0. The Hall–Kier alpha value is -2.07. The van der Waals surface area contributed by atoms with Gasteiger partial charge in [-0.15, -0.1) is 26.3 Å². The fraction of sp³-hybridized carbons (Fsp3) is 0.788. The molecular formula is C33H64N2O7. The van der Waals surface area contributed by atoms with Crippen LogP contribution in [0.4, 0.5) is 0 Å². The molecule has 0 saturated carbocycles. The van der Waals surface area contributed by atoms with Gasteiger partial charge in [-0.2, -0.15) is 0 Å². The average Bonchev–Trinajstić information content (AvgIpc) is 2.96. The van der Waals surface area contributed by atoms with E-state index in [1.165, 1.54) is 0 Å². The number of ether oxygens (including phenoxy) is 2. The molecule has 2 saturated heterocycles. The Morgan fingerprint density at radius 1 is 0.929 bits per heavy atom. The number of aliphatic hydroxyl groups excluding tert-OH is 2. The lowest BCUT2D eigenvalue weighted by Crippen LogP contribution is -2.37. The lowest BCUT2D eigenvalue weighted by molar-refractivity contribution is -0.169. The molecule has 0 aromatic rings.